The van der Waals surface area contributed by atoms with Crippen molar-refractivity contribution < 1.29 is 9.32 Å². The average Bonchev–Trinajstić information content (AvgIpc) is 3.15. The Morgan fingerprint density at radius 2 is 1.05 bits per heavy atom. The molecule has 0 amide bonds. The van der Waals surface area contributed by atoms with Crippen LogP contribution in [-0.2, 0) is 9.32 Å². The minimum absolute atomic E-state index is 0.0176. The van der Waals surface area contributed by atoms with Crippen molar-refractivity contribution in [3.05, 3.63) is 0 Å². The maximum atomic E-state index is 11.9. The van der Waals surface area contributed by atoms with Crippen LogP contribution < -0.4 is 0 Å². The van der Waals surface area contributed by atoms with Gasteiger partial charge in [-0.15, -0.1) is 0 Å². The van der Waals surface area contributed by atoms with Gasteiger partial charge in [-0.25, -0.2) is 4.79 Å². The third kappa shape index (κ3) is 2.65. The van der Waals surface area contributed by atoms with Gasteiger partial charge < -0.3 is 4.52 Å². The molecule has 0 radical (unpaired) electrons. The van der Waals surface area contributed by atoms with Crippen molar-refractivity contribution in [3.8, 4) is 0 Å². The van der Waals surface area contributed by atoms with Gasteiger partial charge in [0.15, 0.2) is 0 Å². The Labute approximate surface area is 124 Å². The summed E-state index contributed by atoms with van der Waals surface area (Å²) in [5.74, 6) is 0.0176. The minimum Gasteiger partial charge on any atom is -0.313 e. The number of hydrogen-bond donors (Lipinski definition) is 0. The standard InChI is InChI=1S/C17H30O2P/c1-14(18)19-20(15-8-2-3-9-15,16-10-4-5-11-16)17-12-6-7-13-17/h15-17H,2-13H2,1H3/q+1. The third-order valence-electron chi connectivity index (χ3n) is 5.97. The molecule has 0 heterocycles. The first kappa shape index (κ1) is 14.8. The van der Waals surface area contributed by atoms with E-state index in [4.69, 9.17) is 4.52 Å². The summed E-state index contributed by atoms with van der Waals surface area (Å²) in [5, 5.41) is 0. The normalized spacial score (nSPS) is 26.4. The molecule has 0 unspecified atom stereocenters. The van der Waals surface area contributed by atoms with Gasteiger partial charge in [0.25, 0.3) is 0 Å². The van der Waals surface area contributed by atoms with Gasteiger partial charge in [-0.2, -0.15) is 0 Å². The van der Waals surface area contributed by atoms with Crippen molar-refractivity contribution in [2.75, 3.05) is 0 Å². The molecule has 0 aromatic heterocycles. The Morgan fingerprint density at radius 3 is 1.30 bits per heavy atom. The summed E-state index contributed by atoms with van der Waals surface area (Å²) in [4.78, 5) is 11.9. The van der Waals surface area contributed by atoms with E-state index < -0.39 is 7.49 Å². The fourth-order valence-electron chi connectivity index (χ4n) is 5.26. The van der Waals surface area contributed by atoms with Crippen LogP contribution in [-0.4, -0.2) is 22.9 Å². The molecule has 3 saturated carbocycles. The molecule has 2 nitrogen and oxygen atoms in total. The highest BCUT2D eigenvalue weighted by Crippen LogP contribution is 2.79. The Hall–Kier alpha value is -0.100. The Balaban J connectivity index is 1.93. The van der Waals surface area contributed by atoms with Crippen LogP contribution in [0.2, 0.25) is 0 Å². The van der Waals surface area contributed by atoms with Crippen LogP contribution in [0.25, 0.3) is 0 Å². The topological polar surface area (TPSA) is 26.3 Å². The summed E-state index contributed by atoms with van der Waals surface area (Å²) < 4.78 is 6.36. The van der Waals surface area contributed by atoms with Crippen LogP contribution in [0.4, 0.5) is 0 Å². The maximum Gasteiger partial charge on any atom is 0.346 e. The Bertz CT molecular complexity index is 296. The fourth-order valence-corrected chi connectivity index (χ4v) is 11.5. The number of carbonyl (C=O) groups is 1. The molecular weight excluding hydrogens is 267 g/mol. The van der Waals surface area contributed by atoms with Gasteiger partial charge in [0.1, 0.15) is 17.0 Å². The van der Waals surface area contributed by atoms with Crippen LogP contribution >= 0.6 is 7.49 Å². The summed E-state index contributed by atoms with van der Waals surface area (Å²) in [6.07, 6.45) is 16.3. The molecular formula is C17H30O2P+. The highest BCUT2D eigenvalue weighted by Gasteiger charge is 2.62. The van der Waals surface area contributed by atoms with Crippen molar-refractivity contribution in [2.24, 2.45) is 0 Å². The second-order valence-electron chi connectivity index (χ2n) is 7.16. The SMILES string of the molecule is CC(=O)O[P+](C1CCCC1)(C1CCCC1)C1CCCC1. The van der Waals surface area contributed by atoms with E-state index in [9.17, 15) is 4.79 Å². The molecule has 3 heteroatoms. The molecule has 0 saturated heterocycles. The molecule has 3 rings (SSSR count). The molecule has 0 aromatic carbocycles. The lowest BCUT2D eigenvalue weighted by Crippen LogP contribution is -2.31. The predicted octanol–water partition coefficient (Wildman–Crippen LogP) is 5.31. The van der Waals surface area contributed by atoms with E-state index in [0.29, 0.717) is 0 Å². The Kier molecular flexibility index (Phi) is 4.70. The van der Waals surface area contributed by atoms with E-state index in [1.54, 1.807) is 6.92 Å². The lowest BCUT2D eigenvalue weighted by Gasteiger charge is -2.39. The average molecular weight is 297 g/mol. The summed E-state index contributed by atoms with van der Waals surface area (Å²) >= 11 is 0. The van der Waals surface area contributed by atoms with Crippen LogP contribution in [0.3, 0.4) is 0 Å². The zero-order chi connectivity index (χ0) is 14.0. The quantitative estimate of drug-likeness (QED) is 0.657. The highest BCUT2D eigenvalue weighted by atomic mass is 31.2. The molecule has 0 spiro atoms. The van der Waals surface area contributed by atoms with Crippen LogP contribution in [0.5, 0.6) is 0 Å². The van der Waals surface area contributed by atoms with Gasteiger partial charge in [0, 0.05) is 6.92 Å². The number of carbonyl (C=O) groups excluding carboxylic acids is 1. The molecule has 20 heavy (non-hydrogen) atoms. The molecule has 3 aliphatic rings. The van der Waals surface area contributed by atoms with Crippen molar-refractivity contribution >= 4 is 13.5 Å². The third-order valence-corrected chi connectivity index (χ3v) is 11.5. The highest BCUT2D eigenvalue weighted by molar-refractivity contribution is 7.73. The molecule has 0 bridgehead atoms. The first-order valence-electron chi connectivity index (χ1n) is 8.81. The van der Waals surface area contributed by atoms with Crippen molar-refractivity contribution in [1.82, 2.24) is 0 Å². The van der Waals surface area contributed by atoms with Gasteiger partial charge >= 0.3 is 5.97 Å². The van der Waals surface area contributed by atoms with Gasteiger partial charge in [-0.1, -0.05) is 0 Å². The van der Waals surface area contributed by atoms with E-state index >= 15 is 0 Å². The fraction of sp³-hybridized carbons (Fsp3) is 0.941. The summed E-state index contributed by atoms with van der Waals surface area (Å²) in [6, 6.07) is 0. The predicted molar refractivity (Wildman–Crippen MR) is 85.5 cm³/mol. The lowest BCUT2D eigenvalue weighted by atomic mass is 10.3. The van der Waals surface area contributed by atoms with E-state index in [2.05, 4.69) is 0 Å². The zero-order valence-corrected chi connectivity index (χ0v) is 13.9. The summed E-state index contributed by atoms with van der Waals surface area (Å²) in [6.45, 7) is 1.66. The van der Waals surface area contributed by atoms with E-state index in [-0.39, 0.29) is 5.97 Å². The van der Waals surface area contributed by atoms with Crippen LogP contribution in [0, 0.1) is 0 Å². The molecule has 0 N–H and O–H groups in total. The van der Waals surface area contributed by atoms with E-state index in [1.807, 2.05) is 0 Å². The van der Waals surface area contributed by atoms with Crippen molar-refractivity contribution in [1.29, 1.82) is 0 Å². The molecule has 0 atom stereocenters. The van der Waals surface area contributed by atoms with Crippen LogP contribution in [0.15, 0.2) is 0 Å². The van der Waals surface area contributed by atoms with Crippen molar-refractivity contribution in [3.63, 3.8) is 0 Å². The molecule has 0 aliphatic heterocycles. The minimum atomic E-state index is -1.54. The first-order valence-corrected chi connectivity index (χ1v) is 10.7. The van der Waals surface area contributed by atoms with Crippen LogP contribution in [0.1, 0.15) is 84.0 Å². The van der Waals surface area contributed by atoms with E-state index in [1.165, 1.54) is 77.0 Å². The summed E-state index contributed by atoms with van der Waals surface area (Å²) in [7, 11) is -1.54. The van der Waals surface area contributed by atoms with Gasteiger partial charge in [0.2, 0.25) is 7.49 Å². The van der Waals surface area contributed by atoms with Gasteiger partial charge in [-0.05, 0) is 77.0 Å². The molecule has 0 aromatic rings. The molecule has 3 fully saturated rings. The smallest absolute Gasteiger partial charge is 0.313 e. The molecule has 114 valence electrons. The Morgan fingerprint density at radius 1 is 0.750 bits per heavy atom. The van der Waals surface area contributed by atoms with Gasteiger partial charge in [-0.3, -0.25) is 0 Å². The van der Waals surface area contributed by atoms with Crippen molar-refractivity contribution in [2.45, 2.75) is 101 Å². The lowest BCUT2D eigenvalue weighted by molar-refractivity contribution is -0.131. The second kappa shape index (κ2) is 6.34. The van der Waals surface area contributed by atoms with E-state index in [0.717, 1.165) is 17.0 Å². The van der Waals surface area contributed by atoms with Gasteiger partial charge in [0.05, 0.1) is 0 Å². The number of hydrogen-bond acceptors (Lipinski definition) is 2. The second-order valence-corrected chi connectivity index (χ2v) is 11.1. The molecule has 3 aliphatic carbocycles. The monoisotopic (exact) mass is 297 g/mol. The first-order chi connectivity index (χ1) is 9.73. The summed E-state index contributed by atoms with van der Waals surface area (Å²) in [5.41, 5.74) is 2.28. The maximum absolute atomic E-state index is 11.9. The largest absolute Gasteiger partial charge is 0.346 e. The number of rotatable bonds is 4. The zero-order valence-electron chi connectivity index (χ0n) is 13.0.